The second-order valence-corrected chi connectivity index (χ2v) is 6.06. The summed E-state index contributed by atoms with van der Waals surface area (Å²) >= 11 is 0. The van der Waals surface area contributed by atoms with Gasteiger partial charge in [-0.2, -0.15) is 0 Å². The molecule has 0 aliphatic carbocycles. The normalized spacial score (nSPS) is 11.3. The van der Waals surface area contributed by atoms with Crippen LogP contribution in [0.1, 0.15) is 19.4 Å². The van der Waals surface area contributed by atoms with Crippen LogP contribution in [0.3, 0.4) is 0 Å². The fraction of sp³-hybridized carbons (Fsp3) is 0.308. The lowest BCUT2D eigenvalue weighted by atomic mass is 10.2. The Labute approximate surface area is 113 Å². The molecule has 1 amide bonds. The zero-order valence-electron chi connectivity index (χ0n) is 11.0. The van der Waals surface area contributed by atoms with Crippen molar-refractivity contribution in [2.45, 2.75) is 31.3 Å². The minimum absolute atomic E-state index is 0.172. The van der Waals surface area contributed by atoms with Gasteiger partial charge >= 0.3 is 0 Å². The monoisotopic (exact) mass is 282 g/mol. The Morgan fingerprint density at radius 3 is 2.68 bits per heavy atom. The Morgan fingerprint density at radius 1 is 1.42 bits per heavy atom. The van der Waals surface area contributed by atoms with E-state index in [-0.39, 0.29) is 23.4 Å². The smallest absolute Gasteiger partial charge is 0.243 e. The maximum atomic E-state index is 12.0. The zero-order chi connectivity index (χ0) is 14.5. The van der Waals surface area contributed by atoms with Crippen LogP contribution in [-0.2, 0) is 21.4 Å². The van der Waals surface area contributed by atoms with E-state index in [9.17, 15) is 13.2 Å². The Hall–Kier alpha value is -1.66. The first-order valence-electron chi connectivity index (χ1n) is 5.86. The van der Waals surface area contributed by atoms with Crippen LogP contribution < -0.4 is 10.0 Å². The van der Waals surface area contributed by atoms with Crippen molar-refractivity contribution in [1.82, 2.24) is 10.0 Å². The van der Waals surface area contributed by atoms with Gasteiger partial charge in [0.1, 0.15) is 0 Å². The van der Waals surface area contributed by atoms with Gasteiger partial charge in [-0.05, 0) is 37.6 Å². The van der Waals surface area contributed by atoms with E-state index >= 15 is 0 Å². The average Bonchev–Trinajstić information content (AvgIpc) is 2.34. The fourth-order valence-corrected chi connectivity index (χ4v) is 2.78. The van der Waals surface area contributed by atoms with Crippen LogP contribution in [0.25, 0.3) is 0 Å². The minimum atomic E-state index is -3.51. The Morgan fingerprint density at radius 2 is 2.11 bits per heavy atom. The molecule has 0 unspecified atom stereocenters. The highest BCUT2D eigenvalue weighted by Gasteiger charge is 2.15. The number of carbonyl (C=O) groups excluding carboxylic acids is 1. The zero-order valence-corrected chi connectivity index (χ0v) is 11.8. The summed E-state index contributed by atoms with van der Waals surface area (Å²) in [6.45, 7) is 7.12. The van der Waals surface area contributed by atoms with Gasteiger partial charge in [-0.1, -0.05) is 18.7 Å². The van der Waals surface area contributed by atoms with E-state index in [2.05, 4.69) is 16.6 Å². The van der Waals surface area contributed by atoms with Gasteiger partial charge in [0.05, 0.1) is 4.90 Å². The van der Waals surface area contributed by atoms with E-state index in [0.717, 1.165) is 0 Å². The predicted octanol–water partition coefficient (Wildman–Crippen LogP) is 1.18. The van der Waals surface area contributed by atoms with Crippen LogP contribution in [0.15, 0.2) is 41.8 Å². The lowest BCUT2D eigenvalue weighted by Gasteiger charge is -2.10. The standard InChI is InChI=1S/C13H18N2O3S/c1-4-13(16)14-9-11-6-5-7-12(8-11)19(17,18)15-10(2)3/h4-8,10,15H,1,9H2,2-3H3,(H,14,16). The summed E-state index contributed by atoms with van der Waals surface area (Å²) in [5.41, 5.74) is 0.710. The molecule has 1 aromatic carbocycles. The quantitative estimate of drug-likeness (QED) is 0.769. The minimum Gasteiger partial charge on any atom is -0.348 e. The highest BCUT2D eigenvalue weighted by atomic mass is 32.2. The molecule has 0 aromatic heterocycles. The van der Waals surface area contributed by atoms with E-state index in [1.54, 1.807) is 26.0 Å². The maximum absolute atomic E-state index is 12.0. The largest absolute Gasteiger partial charge is 0.348 e. The van der Waals surface area contributed by atoms with Crippen LogP contribution in [0, 0.1) is 0 Å². The van der Waals surface area contributed by atoms with Crippen molar-refractivity contribution >= 4 is 15.9 Å². The highest BCUT2D eigenvalue weighted by Crippen LogP contribution is 2.12. The van der Waals surface area contributed by atoms with E-state index in [1.807, 2.05) is 0 Å². The van der Waals surface area contributed by atoms with Gasteiger partial charge in [0.2, 0.25) is 15.9 Å². The van der Waals surface area contributed by atoms with Crippen molar-refractivity contribution in [3.05, 3.63) is 42.5 Å². The summed E-state index contributed by atoms with van der Waals surface area (Å²) in [7, 11) is -3.51. The summed E-state index contributed by atoms with van der Waals surface area (Å²) < 4.78 is 26.5. The van der Waals surface area contributed by atoms with Crippen LogP contribution in [-0.4, -0.2) is 20.4 Å². The molecule has 6 heteroatoms. The van der Waals surface area contributed by atoms with Gasteiger partial charge in [-0.15, -0.1) is 0 Å². The van der Waals surface area contributed by atoms with Crippen LogP contribution in [0.5, 0.6) is 0 Å². The molecular weight excluding hydrogens is 264 g/mol. The molecule has 19 heavy (non-hydrogen) atoms. The molecule has 0 aliphatic rings. The molecule has 0 aliphatic heterocycles. The SMILES string of the molecule is C=CC(=O)NCc1cccc(S(=O)(=O)NC(C)C)c1. The summed E-state index contributed by atoms with van der Waals surface area (Å²) in [5.74, 6) is -0.298. The molecule has 0 spiro atoms. The van der Waals surface area contributed by atoms with Crippen molar-refractivity contribution in [1.29, 1.82) is 0 Å². The third-order valence-corrected chi connectivity index (χ3v) is 3.91. The molecule has 0 saturated carbocycles. The molecule has 0 bridgehead atoms. The summed E-state index contributed by atoms with van der Waals surface area (Å²) in [6.07, 6.45) is 1.17. The van der Waals surface area contributed by atoms with E-state index < -0.39 is 10.0 Å². The van der Waals surface area contributed by atoms with Gasteiger partial charge in [0, 0.05) is 12.6 Å². The fourth-order valence-electron chi connectivity index (χ4n) is 1.46. The second-order valence-electron chi connectivity index (χ2n) is 4.35. The van der Waals surface area contributed by atoms with Gasteiger partial charge in [0.25, 0.3) is 0 Å². The van der Waals surface area contributed by atoms with E-state index in [0.29, 0.717) is 5.56 Å². The van der Waals surface area contributed by atoms with E-state index in [4.69, 9.17) is 0 Å². The van der Waals surface area contributed by atoms with Gasteiger partial charge in [-0.25, -0.2) is 13.1 Å². The van der Waals surface area contributed by atoms with Crippen molar-refractivity contribution in [3.8, 4) is 0 Å². The second kappa shape index (κ2) is 6.49. The van der Waals surface area contributed by atoms with E-state index in [1.165, 1.54) is 18.2 Å². The van der Waals surface area contributed by atoms with Crippen molar-refractivity contribution < 1.29 is 13.2 Å². The van der Waals surface area contributed by atoms with Crippen LogP contribution in [0.4, 0.5) is 0 Å². The van der Waals surface area contributed by atoms with Gasteiger partial charge in [0.15, 0.2) is 0 Å². The molecule has 0 radical (unpaired) electrons. The molecule has 5 nitrogen and oxygen atoms in total. The third-order valence-electron chi connectivity index (χ3n) is 2.25. The first kappa shape index (κ1) is 15.4. The Kier molecular flexibility index (Phi) is 5.26. The molecule has 2 N–H and O–H groups in total. The lowest BCUT2D eigenvalue weighted by molar-refractivity contribution is -0.116. The first-order chi connectivity index (χ1) is 8.85. The molecule has 1 aromatic rings. The highest BCUT2D eigenvalue weighted by molar-refractivity contribution is 7.89. The lowest BCUT2D eigenvalue weighted by Crippen LogP contribution is -2.30. The Bertz CT molecular complexity index is 565. The number of amides is 1. The van der Waals surface area contributed by atoms with Gasteiger partial charge in [-0.3, -0.25) is 4.79 Å². The number of hydrogen-bond acceptors (Lipinski definition) is 3. The number of nitrogens with one attached hydrogen (secondary N) is 2. The number of hydrogen-bond donors (Lipinski definition) is 2. The Balaban J connectivity index is 2.88. The molecule has 104 valence electrons. The number of carbonyl (C=O) groups is 1. The number of benzene rings is 1. The molecule has 0 heterocycles. The topological polar surface area (TPSA) is 75.3 Å². The van der Waals surface area contributed by atoms with Crippen molar-refractivity contribution in [2.24, 2.45) is 0 Å². The van der Waals surface area contributed by atoms with Crippen molar-refractivity contribution in [2.75, 3.05) is 0 Å². The summed E-state index contributed by atoms with van der Waals surface area (Å²) in [6, 6.07) is 6.27. The predicted molar refractivity (Wildman–Crippen MR) is 73.9 cm³/mol. The number of sulfonamides is 1. The van der Waals surface area contributed by atoms with Crippen LogP contribution in [0.2, 0.25) is 0 Å². The molecule has 0 saturated heterocycles. The molecule has 0 atom stereocenters. The third kappa shape index (κ3) is 4.84. The summed E-state index contributed by atoms with van der Waals surface area (Å²) in [5, 5.41) is 2.60. The summed E-state index contributed by atoms with van der Waals surface area (Å²) in [4.78, 5) is 11.2. The van der Waals surface area contributed by atoms with Crippen molar-refractivity contribution in [3.63, 3.8) is 0 Å². The maximum Gasteiger partial charge on any atom is 0.243 e. The van der Waals surface area contributed by atoms with Crippen LogP contribution >= 0.6 is 0 Å². The first-order valence-corrected chi connectivity index (χ1v) is 7.35. The molecule has 1 rings (SSSR count). The molecular formula is C13H18N2O3S. The number of rotatable bonds is 6. The average molecular weight is 282 g/mol. The van der Waals surface area contributed by atoms with Gasteiger partial charge < -0.3 is 5.32 Å². The molecule has 0 fully saturated rings.